The summed E-state index contributed by atoms with van der Waals surface area (Å²) in [5, 5.41) is 0.639. The Hall–Kier alpha value is -3.26. The second-order valence-corrected chi connectivity index (χ2v) is 9.04. The van der Waals surface area contributed by atoms with Crippen LogP contribution in [0.25, 0.3) is 6.08 Å². The highest BCUT2D eigenvalue weighted by atomic mass is 32.2. The molecule has 1 saturated heterocycles. The number of amides is 1. The summed E-state index contributed by atoms with van der Waals surface area (Å²) in [5.74, 6) is 0.582. The van der Waals surface area contributed by atoms with Crippen LogP contribution in [0.2, 0.25) is 0 Å². The number of hydrogen-bond donors (Lipinski definition) is 0. The van der Waals surface area contributed by atoms with Crippen molar-refractivity contribution in [3.05, 3.63) is 64.6 Å². The van der Waals surface area contributed by atoms with Crippen molar-refractivity contribution in [1.82, 2.24) is 4.90 Å². The zero-order valence-corrected chi connectivity index (χ0v) is 20.2. The van der Waals surface area contributed by atoms with Gasteiger partial charge in [-0.05, 0) is 60.9 Å². The predicted molar refractivity (Wildman–Crippen MR) is 133 cm³/mol. The maximum absolute atomic E-state index is 12.6. The van der Waals surface area contributed by atoms with Gasteiger partial charge in [0.2, 0.25) is 0 Å². The molecule has 4 rings (SSSR count). The molecule has 1 fully saturated rings. The fourth-order valence-electron chi connectivity index (χ4n) is 3.92. The van der Waals surface area contributed by atoms with Crippen LogP contribution in [0, 0.1) is 5.92 Å². The van der Waals surface area contributed by atoms with E-state index in [2.05, 4.69) is 4.99 Å². The summed E-state index contributed by atoms with van der Waals surface area (Å²) < 4.78 is 16.6. The summed E-state index contributed by atoms with van der Waals surface area (Å²) in [6.07, 6.45) is 3.46. The molecular weight excluding hydrogens is 452 g/mol. The van der Waals surface area contributed by atoms with Gasteiger partial charge in [-0.2, -0.15) is 4.99 Å². The van der Waals surface area contributed by atoms with Crippen LogP contribution >= 0.6 is 11.8 Å². The number of rotatable bonds is 7. The van der Waals surface area contributed by atoms with E-state index in [0.29, 0.717) is 41.3 Å². The van der Waals surface area contributed by atoms with E-state index in [0.717, 1.165) is 30.5 Å². The fourth-order valence-corrected chi connectivity index (χ4v) is 4.86. The topological polar surface area (TPSA) is 77.4 Å². The Labute approximate surface area is 203 Å². The molecule has 2 aliphatic heterocycles. The lowest BCUT2D eigenvalue weighted by Crippen LogP contribution is -2.41. The molecule has 1 amide bonds. The van der Waals surface area contributed by atoms with Gasteiger partial charge in [0, 0.05) is 13.1 Å². The van der Waals surface area contributed by atoms with Gasteiger partial charge in [-0.1, -0.05) is 36.4 Å². The van der Waals surface area contributed by atoms with Crippen LogP contribution in [0.15, 0.2) is 58.4 Å². The average molecular weight is 481 g/mol. The molecule has 8 heteroatoms. The molecule has 0 aliphatic carbocycles. The Morgan fingerprint density at radius 3 is 2.79 bits per heavy atom. The molecule has 2 aromatic rings. The molecule has 7 nitrogen and oxygen atoms in total. The van der Waals surface area contributed by atoms with Crippen molar-refractivity contribution in [2.45, 2.75) is 26.4 Å². The minimum absolute atomic E-state index is 0.181. The number of ether oxygens (including phenoxy) is 3. The minimum Gasteiger partial charge on any atom is -0.493 e. The highest BCUT2D eigenvalue weighted by Crippen LogP contribution is 2.35. The van der Waals surface area contributed by atoms with Gasteiger partial charge in [-0.25, -0.2) is 0 Å². The second kappa shape index (κ2) is 11.2. The summed E-state index contributed by atoms with van der Waals surface area (Å²) in [7, 11) is 1.59. The van der Waals surface area contributed by atoms with E-state index in [1.54, 1.807) is 13.2 Å². The molecule has 0 spiro atoms. The van der Waals surface area contributed by atoms with E-state index in [1.807, 2.05) is 60.4 Å². The minimum atomic E-state index is -0.276. The molecule has 0 unspecified atom stereocenters. The lowest BCUT2D eigenvalue weighted by Gasteiger charge is -2.32. The zero-order valence-electron chi connectivity index (χ0n) is 19.4. The summed E-state index contributed by atoms with van der Waals surface area (Å²) in [6, 6.07) is 15.5. The van der Waals surface area contributed by atoms with Crippen LogP contribution in [0.1, 0.15) is 30.9 Å². The third-order valence-electron chi connectivity index (χ3n) is 5.64. The van der Waals surface area contributed by atoms with Crippen LogP contribution in [-0.4, -0.2) is 48.8 Å². The van der Waals surface area contributed by atoms with E-state index < -0.39 is 0 Å². The summed E-state index contributed by atoms with van der Waals surface area (Å²) in [6.45, 7) is 3.90. The zero-order chi connectivity index (χ0) is 23.9. The molecule has 0 radical (unpaired) electrons. The number of benzene rings is 2. The third-order valence-corrected chi connectivity index (χ3v) is 6.69. The molecule has 1 atom stereocenters. The summed E-state index contributed by atoms with van der Waals surface area (Å²) >= 11 is 1.34. The van der Waals surface area contributed by atoms with E-state index in [4.69, 9.17) is 14.2 Å². The van der Waals surface area contributed by atoms with Crippen LogP contribution in [0.4, 0.5) is 0 Å². The van der Waals surface area contributed by atoms with Gasteiger partial charge in [0.15, 0.2) is 16.7 Å². The smallest absolute Gasteiger partial charge is 0.310 e. The molecule has 2 aliphatic rings. The van der Waals surface area contributed by atoms with E-state index >= 15 is 0 Å². The number of carbonyl (C=O) groups is 2. The van der Waals surface area contributed by atoms with Crippen molar-refractivity contribution < 1.29 is 23.8 Å². The molecule has 0 saturated carbocycles. The molecule has 0 bridgehead atoms. The van der Waals surface area contributed by atoms with E-state index in [9.17, 15) is 9.59 Å². The number of amidine groups is 1. The largest absolute Gasteiger partial charge is 0.493 e. The molecule has 0 aromatic heterocycles. The number of aliphatic imine (C=N–C) groups is 1. The number of methoxy groups -OCH3 is 1. The van der Waals surface area contributed by atoms with Gasteiger partial charge >= 0.3 is 5.97 Å². The van der Waals surface area contributed by atoms with Gasteiger partial charge in [0.1, 0.15) is 6.61 Å². The summed E-state index contributed by atoms with van der Waals surface area (Å²) in [4.78, 5) is 31.5. The maximum Gasteiger partial charge on any atom is 0.310 e. The van der Waals surface area contributed by atoms with Crippen molar-refractivity contribution in [1.29, 1.82) is 0 Å². The first-order valence-corrected chi connectivity index (χ1v) is 12.2. The number of carbonyl (C=O) groups excluding carboxylic acids is 2. The molecule has 178 valence electrons. The Bertz CT molecular complexity index is 1100. The van der Waals surface area contributed by atoms with Crippen LogP contribution in [-0.2, 0) is 20.9 Å². The van der Waals surface area contributed by atoms with Crippen molar-refractivity contribution in [3.8, 4) is 11.5 Å². The van der Waals surface area contributed by atoms with Crippen LogP contribution in [0.3, 0.4) is 0 Å². The van der Waals surface area contributed by atoms with Gasteiger partial charge in [0.25, 0.3) is 5.91 Å². The number of likely N-dealkylation sites (tertiary alicyclic amines) is 1. The molecule has 2 heterocycles. The SMILES string of the molecule is CCOC(=O)[C@H]1CCCN(C2=NC(=O)/C(=C/c3ccc(OCc4ccccc4)c(OC)c3)S2)C1. The first-order valence-electron chi connectivity index (χ1n) is 11.4. The number of piperidine rings is 1. The number of thioether (sulfide) groups is 1. The maximum atomic E-state index is 12.6. The van der Waals surface area contributed by atoms with Crippen LogP contribution < -0.4 is 9.47 Å². The standard InChI is InChI=1S/C26H28N2O5S/c1-3-32-25(30)20-10-7-13-28(16-20)26-27-24(29)23(34-26)15-19-11-12-21(22(14-19)31-2)33-17-18-8-5-4-6-9-18/h4-6,8-9,11-12,14-15,20H,3,7,10,13,16-17H2,1-2H3/b23-15-/t20-/m0/s1. The van der Waals surface area contributed by atoms with Gasteiger partial charge < -0.3 is 19.1 Å². The van der Waals surface area contributed by atoms with Crippen molar-refractivity contribution in [3.63, 3.8) is 0 Å². The first-order chi connectivity index (χ1) is 16.6. The highest BCUT2D eigenvalue weighted by Gasteiger charge is 2.32. The Kier molecular flexibility index (Phi) is 7.90. The first kappa shape index (κ1) is 23.9. The number of nitrogens with zero attached hydrogens (tertiary/aromatic N) is 2. The number of esters is 1. The van der Waals surface area contributed by atoms with Gasteiger partial charge in [-0.3, -0.25) is 9.59 Å². The van der Waals surface area contributed by atoms with Gasteiger partial charge in [0.05, 0.1) is 24.5 Å². The molecule has 2 aromatic carbocycles. The normalized spacial score (nSPS) is 19.2. The van der Waals surface area contributed by atoms with Crippen molar-refractivity contribution in [2.75, 3.05) is 26.8 Å². The van der Waals surface area contributed by atoms with Gasteiger partial charge in [-0.15, -0.1) is 0 Å². The van der Waals surface area contributed by atoms with E-state index in [-0.39, 0.29) is 17.8 Å². The monoisotopic (exact) mass is 480 g/mol. The van der Waals surface area contributed by atoms with Crippen molar-refractivity contribution >= 4 is 34.9 Å². The lowest BCUT2D eigenvalue weighted by atomic mass is 9.99. The Balaban J connectivity index is 1.42. The van der Waals surface area contributed by atoms with E-state index in [1.165, 1.54) is 11.8 Å². The molecule has 34 heavy (non-hydrogen) atoms. The number of hydrogen-bond acceptors (Lipinski definition) is 7. The highest BCUT2D eigenvalue weighted by molar-refractivity contribution is 8.18. The fraction of sp³-hybridized carbons (Fsp3) is 0.346. The Morgan fingerprint density at radius 2 is 2.03 bits per heavy atom. The average Bonchev–Trinajstić information content (AvgIpc) is 3.24. The third kappa shape index (κ3) is 5.80. The van der Waals surface area contributed by atoms with Crippen molar-refractivity contribution in [2.24, 2.45) is 10.9 Å². The molecular formula is C26H28N2O5S. The Morgan fingerprint density at radius 1 is 1.21 bits per heavy atom. The van der Waals surface area contributed by atoms with Crippen LogP contribution in [0.5, 0.6) is 11.5 Å². The predicted octanol–water partition coefficient (Wildman–Crippen LogP) is 4.52. The molecule has 0 N–H and O–H groups in total. The lowest BCUT2D eigenvalue weighted by molar-refractivity contribution is -0.149. The summed E-state index contributed by atoms with van der Waals surface area (Å²) in [5.41, 5.74) is 1.88. The quantitative estimate of drug-likeness (QED) is 0.426. The second-order valence-electron chi connectivity index (χ2n) is 8.03.